The van der Waals surface area contributed by atoms with Crippen molar-refractivity contribution in [3.05, 3.63) is 12.2 Å². The predicted molar refractivity (Wildman–Crippen MR) is 62.7 cm³/mol. The average molecular weight is 259 g/mol. The van der Waals surface area contributed by atoms with E-state index in [2.05, 4.69) is 25.2 Å². The fourth-order valence-electron chi connectivity index (χ4n) is 1.42. The smallest absolute Gasteiger partial charge is 0.212 e. The topological polar surface area (TPSA) is 99.8 Å². The Morgan fingerprint density at radius 1 is 1.47 bits per heavy atom. The van der Waals surface area contributed by atoms with Crippen LogP contribution < -0.4 is 10.0 Å². The first kappa shape index (κ1) is 12.5. The Bertz CT molecular complexity index is 426. The number of aromatic nitrogens is 3. The number of aromatic amines is 1. The first-order chi connectivity index (χ1) is 8.16. The summed E-state index contributed by atoms with van der Waals surface area (Å²) in [4.78, 5) is 3.84. The summed E-state index contributed by atoms with van der Waals surface area (Å²) in [5, 5.41) is 9.52. The Labute approximate surface area is 100 Å². The zero-order chi connectivity index (χ0) is 12.1. The van der Waals surface area contributed by atoms with Crippen molar-refractivity contribution < 1.29 is 8.42 Å². The third kappa shape index (κ3) is 4.80. The lowest BCUT2D eigenvalue weighted by Gasteiger charge is -2.05. The fraction of sp³-hybridized carbons (Fsp3) is 0.778. The zero-order valence-corrected chi connectivity index (χ0v) is 10.3. The molecule has 0 radical (unpaired) electrons. The molecule has 2 rings (SSSR count). The van der Waals surface area contributed by atoms with Crippen molar-refractivity contribution in [3.8, 4) is 0 Å². The molecule has 0 atom stereocenters. The monoisotopic (exact) mass is 259 g/mol. The van der Waals surface area contributed by atoms with Crippen molar-refractivity contribution in [1.29, 1.82) is 0 Å². The van der Waals surface area contributed by atoms with Crippen LogP contribution >= 0.6 is 0 Å². The standard InChI is InChI=1S/C9H17N5O2S/c15-17(16,5-1-4-10-8-2-3-8)13-6-9-11-7-12-14-9/h7-8,10,13H,1-6H2,(H,11,12,14). The van der Waals surface area contributed by atoms with Crippen LogP contribution in [0.5, 0.6) is 0 Å². The van der Waals surface area contributed by atoms with Gasteiger partial charge < -0.3 is 5.32 Å². The molecular weight excluding hydrogens is 242 g/mol. The van der Waals surface area contributed by atoms with Crippen molar-refractivity contribution in [2.24, 2.45) is 0 Å². The molecule has 96 valence electrons. The SMILES string of the molecule is O=S(=O)(CCCNC1CC1)NCc1ncn[nH]1. The number of H-pyrrole nitrogens is 1. The summed E-state index contributed by atoms with van der Waals surface area (Å²) >= 11 is 0. The molecule has 1 aliphatic carbocycles. The largest absolute Gasteiger partial charge is 0.314 e. The third-order valence-corrected chi connectivity index (χ3v) is 3.93. The van der Waals surface area contributed by atoms with E-state index >= 15 is 0 Å². The maximum absolute atomic E-state index is 11.6. The van der Waals surface area contributed by atoms with Crippen LogP contribution in [0.15, 0.2) is 6.33 Å². The molecule has 3 N–H and O–H groups in total. The molecule has 8 heteroatoms. The highest BCUT2D eigenvalue weighted by atomic mass is 32.2. The van der Waals surface area contributed by atoms with Gasteiger partial charge in [0.1, 0.15) is 12.2 Å². The third-order valence-electron chi connectivity index (χ3n) is 2.52. The summed E-state index contributed by atoms with van der Waals surface area (Å²) < 4.78 is 25.6. The van der Waals surface area contributed by atoms with E-state index in [1.165, 1.54) is 19.2 Å². The highest BCUT2D eigenvalue weighted by Gasteiger charge is 2.20. The van der Waals surface area contributed by atoms with Crippen molar-refractivity contribution in [1.82, 2.24) is 25.2 Å². The van der Waals surface area contributed by atoms with Gasteiger partial charge in [-0.15, -0.1) is 0 Å². The molecule has 0 saturated heterocycles. The summed E-state index contributed by atoms with van der Waals surface area (Å²) in [5.41, 5.74) is 0. The van der Waals surface area contributed by atoms with E-state index in [9.17, 15) is 8.42 Å². The summed E-state index contributed by atoms with van der Waals surface area (Å²) in [7, 11) is -3.21. The lowest BCUT2D eigenvalue weighted by Crippen LogP contribution is -2.28. The molecule has 17 heavy (non-hydrogen) atoms. The Morgan fingerprint density at radius 3 is 2.94 bits per heavy atom. The predicted octanol–water partition coefficient (Wildman–Crippen LogP) is -0.634. The van der Waals surface area contributed by atoms with Crippen LogP contribution in [0, 0.1) is 0 Å². The second-order valence-electron chi connectivity index (χ2n) is 4.15. The number of nitrogens with zero attached hydrogens (tertiary/aromatic N) is 2. The summed E-state index contributed by atoms with van der Waals surface area (Å²) in [5.74, 6) is 0.658. The lowest BCUT2D eigenvalue weighted by molar-refractivity contribution is 0.572. The van der Waals surface area contributed by atoms with Crippen molar-refractivity contribution in [2.45, 2.75) is 31.8 Å². The molecular formula is C9H17N5O2S. The molecule has 1 aromatic heterocycles. The van der Waals surface area contributed by atoms with Crippen LogP contribution in [0.4, 0.5) is 0 Å². The van der Waals surface area contributed by atoms with E-state index in [1.807, 2.05) is 0 Å². The summed E-state index contributed by atoms with van der Waals surface area (Å²) in [6.45, 7) is 0.923. The quantitative estimate of drug-likeness (QED) is 0.540. The van der Waals surface area contributed by atoms with Crippen LogP contribution in [0.2, 0.25) is 0 Å². The van der Waals surface area contributed by atoms with E-state index < -0.39 is 10.0 Å². The number of hydrogen-bond donors (Lipinski definition) is 3. The lowest BCUT2D eigenvalue weighted by atomic mass is 10.5. The van der Waals surface area contributed by atoms with Gasteiger partial charge in [-0.2, -0.15) is 5.10 Å². The Kier molecular flexibility index (Phi) is 4.08. The first-order valence-electron chi connectivity index (χ1n) is 5.71. The maximum Gasteiger partial charge on any atom is 0.212 e. The van der Waals surface area contributed by atoms with Crippen molar-refractivity contribution >= 4 is 10.0 Å². The minimum atomic E-state index is -3.21. The molecule has 1 saturated carbocycles. The molecule has 0 aliphatic heterocycles. The van der Waals surface area contributed by atoms with Gasteiger partial charge in [0.05, 0.1) is 12.3 Å². The second-order valence-corrected chi connectivity index (χ2v) is 6.08. The number of sulfonamides is 1. The van der Waals surface area contributed by atoms with Gasteiger partial charge in [0, 0.05) is 6.04 Å². The highest BCUT2D eigenvalue weighted by Crippen LogP contribution is 2.18. The summed E-state index contributed by atoms with van der Waals surface area (Å²) in [6.07, 6.45) is 4.42. The molecule has 1 aliphatic rings. The normalized spacial score (nSPS) is 16.2. The van der Waals surface area contributed by atoms with Gasteiger partial charge >= 0.3 is 0 Å². The second kappa shape index (κ2) is 5.56. The molecule has 0 aromatic carbocycles. The van der Waals surface area contributed by atoms with Gasteiger partial charge in [0.2, 0.25) is 10.0 Å². The molecule has 0 unspecified atom stereocenters. The molecule has 1 heterocycles. The minimum Gasteiger partial charge on any atom is -0.314 e. The van der Waals surface area contributed by atoms with Crippen LogP contribution in [-0.4, -0.2) is 41.9 Å². The van der Waals surface area contributed by atoms with Gasteiger partial charge in [-0.3, -0.25) is 5.10 Å². The van der Waals surface area contributed by atoms with E-state index in [1.54, 1.807) is 0 Å². The Hall–Kier alpha value is -0.990. The minimum absolute atomic E-state index is 0.140. The number of nitrogens with one attached hydrogen (secondary N) is 3. The van der Waals surface area contributed by atoms with Gasteiger partial charge in [0.25, 0.3) is 0 Å². The van der Waals surface area contributed by atoms with Crippen LogP contribution in [0.3, 0.4) is 0 Å². The highest BCUT2D eigenvalue weighted by molar-refractivity contribution is 7.89. The Balaban J connectivity index is 1.63. The average Bonchev–Trinajstić information content (AvgIpc) is 2.96. The van der Waals surface area contributed by atoms with E-state index in [0.29, 0.717) is 18.3 Å². The fourth-order valence-corrected chi connectivity index (χ4v) is 2.45. The van der Waals surface area contributed by atoms with Gasteiger partial charge in [-0.1, -0.05) is 0 Å². The van der Waals surface area contributed by atoms with Crippen LogP contribution in [0.1, 0.15) is 25.1 Å². The van der Waals surface area contributed by atoms with E-state index in [4.69, 9.17) is 0 Å². The van der Waals surface area contributed by atoms with Crippen LogP contribution in [-0.2, 0) is 16.6 Å². The van der Waals surface area contributed by atoms with Gasteiger partial charge in [-0.05, 0) is 25.8 Å². The number of rotatable bonds is 8. The number of hydrogen-bond acceptors (Lipinski definition) is 5. The first-order valence-corrected chi connectivity index (χ1v) is 7.36. The molecule has 0 spiro atoms. The van der Waals surface area contributed by atoms with Crippen LogP contribution in [0.25, 0.3) is 0 Å². The van der Waals surface area contributed by atoms with Crippen molar-refractivity contribution in [2.75, 3.05) is 12.3 Å². The van der Waals surface area contributed by atoms with E-state index in [0.717, 1.165) is 6.54 Å². The zero-order valence-electron chi connectivity index (χ0n) is 9.52. The molecule has 7 nitrogen and oxygen atoms in total. The van der Waals surface area contributed by atoms with Crippen molar-refractivity contribution in [3.63, 3.8) is 0 Å². The molecule has 0 bridgehead atoms. The van der Waals surface area contributed by atoms with E-state index in [-0.39, 0.29) is 12.3 Å². The summed E-state index contributed by atoms with van der Waals surface area (Å²) in [6, 6.07) is 0.625. The van der Waals surface area contributed by atoms with Gasteiger partial charge in [0.15, 0.2) is 0 Å². The maximum atomic E-state index is 11.6. The van der Waals surface area contributed by atoms with Gasteiger partial charge in [-0.25, -0.2) is 18.1 Å². The molecule has 1 aromatic rings. The Morgan fingerprint density at radius 2 is 2.29 bits per heavy atom. The molecule has 0 amide bonds. The molecule has 1 fully saturated rings.